The first-order valence-electron chi connectivity index (χ1n) is 6.55. The van der Waals surface area contributed by atoms with Crippen molar-refractivity contribution < 1.29 is 0 Å². The number of H-pyrrole nitrogens is 1. The Morgan fingerprint density at radius 1 is 1.39 bits per heavy atom. The zero-order chi connectivity index (χ0) is 13.1. The quantitative estimate of drug-likeness (QED) is 0.797. The van der Waals surface area contributed by atoms with Crippen molar-refractivity contribution in [1.29, 1.82) is 0 Å². The number of hydrogen-bond donors (Lipinski definition) is 1. The molecule has 1 saturated carbocycles. The van der Waals surface area contributed by atoms with E-state index in [9.17, 15) is 0 Å². The maximum Gasteiger partial charge on any atom is 0.0668 e. The molecule has 18 heavy (non-hydrogen) atoms. The van der Waals surface area contributed by atoms with Crippen LogP contribution in [0.5, 0.6) is 0 Å². The van der Waals surface area contributed by atoms with E-state index in [1.54, 1.807) is 0 Å². The molecule has 1 N–H and O–H groups in total. The summed E-state index contributed by atoms with van der Waals surface area (Å²) < 4.78 is 0. The summed E-state index contributed by atoms with van der Waals surface area (Å²) in [5, 5.41) is 9.33. The number of nitrogens with zero attached hydrogens (tertiary/aromatic N) is 1. The van der Waals surface area contributed by atoms with Crippen molar-refractivity contribution in [1.82, 2.24) is 10.2 Å². The molecule has 0 radical (unpaired) electrons. The topological polar surface area (TPSA) is 28.7 Å². The van der Waals surface area contributed by atoms with Crippen LogP contribution in [0.3, 0.4) is 0 Å². The maximum atomic E-state index is 6.52. The van der Waals surface area contributed by atoms with Crippen LogP contribution in [0.2, 0.25) is 5.02 Å². The van der Waals surface area contributed by atoms with Gasteiger partial charge in [-0.25, -0.2) is 0 Å². The first kappa shape index (κ1) is 12.0. The van der Waals surface area contributed by atoms with E-state index in [1.807, 2.05) is 12.3 Å². The Morgan fingerprint density at radius 3 is 2.61 bits per heavy atom. The van der Waals surface area contributed by atoms with Gasteiger partial charge < -0.3 is 0 Å². The van der Waals surface area contributed by atoms with Crippen molar-refractivity contribution in [2.45, 2.75) is 45.4 Å². The molecule has 1 heterocycles. The van der Waals surface area contributed by atoms with Crippen molar-refractivity contribution in [2.24, 2.45) is 5.92 Å². The van der Waals surface area contributed by atoms with Crippen molar-refractivity contribution in [3.8, 4) is 0 Å². The lowest BCUT2D eigenvalue weighted by molar-refractivity contribution is 0.587. The third-order valence-corrected chi connectivity index (χ3v) is 4.28. The third-order valence-electron chi connectivity index (χ3n) is 3.97. The van der Waals surface area contributed by atoms with Gasteiger partial charge >= 0.3 is 0 Å². The Balaban J connectivity index is 2.35. The average Bonchev–Trinajstić information content (AvgIpc) is 2.78. The molecule has 1 unspecified atom stereocenters. The summed E-state index contributed by atoms with van der Waals surface area (Å²) >= 11 is 6.52. The fourth-order valence-electron chi connectivity index (χ4n) is 2.97. The zero-order valence-electron chi connectivity index (χ0n) is 11.3. The van der Waals surface area contributed by atoms with E-state index < -0.39 is 0 Å². The molecule has 96 valence electrons. The van der Waals surface area contributed by atoms with Gasteiger partial charge in [0.15, 0.2) is 0 Å². The molecule has 1 aromatic carbocycles. The summed E-state index contributed by atoms with van der Waals surface area (Å²) in [6, 6.07) is 2.03. The summed E-state index contributed by atoms with van der Waals surface area (Å²) in [5.41, 5.74) is 3.85. The van der Waals surface area contributed by atoms with E-state index in [-0.39, 0.29) is 5.41 Å². The molecule has 2 atom stereocenters. The minimum Gasteiger partial charge on any atom is -0.278 e. The van der Waals surface area contributed by atoms with Crippen LogP contribution in [0.4, 0.5) is 0 Å². The molecule has 0 saturated heterocycles. The highest BCUT2D eigenvalue weighted by molar-refractivity contribution is 6.32. The van der Waals surface area contributed by atoms with E-state index >= 15 is 0 Å². The largest absolute Gasteiger partial charge is 0.278 e. The first-order valence-corrected chi connectivity index (χ1v) is 6.93. The first-order chi connectivity index (χ1) is 8.39. The summed E-state index contributed by atoms with van der Waals surface area (Å²) in [6.07, 6.45) is 3.19. The molecule has 1 aliphatic rings. The van der Waals surface area contributed by atoms with E-state index in [2.05, 4.69) is 37.9 Å². The number of halogens is 1. The average molecular weight is 263 g/mol. The molecule has 2 nitrogen and oxygen atoms in total. The van der Waals surface area contributed by atoms with Gasteiger partial charge in [0, 0.05) is 10.4 Å². The lowest BCUT2D eigenvalue weighted by Crippen LogP contribution is -2.15. The van der Waals surface area contributed by atoms with E-state index in [1.165, 1.54) is 22.9 Å². The van der Waals surface area contributed by atoms with Crippen LogP contribution in [-0.2, 0) is 5.41 Å². The number of rotatable bonds is 1. The van der Waals surface area contributed by atoms with Crippen LogP contribution in [0.15, 0.2) is 12.3 Å². The number of aromatic nitrogens is 2. The Morgan fingerprint density at radius 2 is 2.06 bits per heavy atom. The monoisotopic (exact) mass is 262 g/mol. The van der Waals surface area contributed by atoms with Crippen LogP contribution >= 0.6 is 11.6 Å². The van der Waals surface area contributed by atoms with Crippen LogP contribution in [0, 0.1) is 5.92 Å². The highest BCUT2D eigenvalue weighted by Gasteiger charge is 2.39. The minimum absolute atomic E-state index is 0.0880. The number of nitrogens with one attached hydrogen (secondary N) is 1. The van der Waals surface area contributed by atoms with Gasteiger partial charge in [0.1, 0.15) is 0 Å². The summed E-state index contributed by atoms with van der Waals surface area (Å²) in [5.74, 6) is 1.39. The van der Waals surface area contributed by atoms with Crippen molar-refractivity contribution in [3.63, 3.8) is 0 Å². The van der Waals surface area contributed by atoms with Gasteiger partial charge in [-0.1, -0.05) is 39.3 Å². The molecule has 2 aromatic rings. The number of hydrogen-bond acceptors (Lipinski definition) is 1. The van der Waals surface area contributed by atoms with Gasteiger partial charge in [-0.3, -0.25) is 5.10 Å². The Hall–Kier alpha value is -1.02. The van der Waals surface area contributed by atoms with Gasteiger partial charge in [-0.2, -0.15) is 5.10 Å². The molecule has 0 spiro atoms. The second-order valence-corrected chi connectivity index (χ2v) is 6.95. The lowest BCUT2D eigenvalue weighted by Gasteiger charge is -2.25. The van der Waals surface area contributed by atoms with Crippen molar-refractivity contribution in [3.05, 3.63) is 28.4 Å². The summed E-state index contributed by atoms with van der Waals surface area (Å²) in [6.45, 7) is 9.05. The van der Waals surface area contributed by atoms with Crippen molar-refractivity contribution in [2.75, 3.05) is 0 Å². The third kappa shape index (κ3) is 1.74. The SMILES string of the molecule is C[C@@H]1CC1c1c(Cl)cc2[nH]ncc2c1C(C)(C)C. The van der Waals surface area contributed by atoms with Gasteiger partial charge in [0.25, 0.3) is 0 Å². The molecule has 3 heteroatoms. The molecule has 0 bridgehead atoms. The van der Waals surface area contributed by atoms with Crippen LogP contribution in [0.1, 0.15) is 51.2 Å². The standard InChI is InChI=1S/C15H19ClN2/c1-8-5-9(8)13-11(16)6-12-10(7-17-18-12)14(13)15(2,3)4/h6-9H,5H2,1-4H3,(H,17,18)/t8-,9?/m1/s1. The number of fused-ring (bicyclic) bond motifs is 1. The molecular formula is C15H19ClN2. The smallest absolute Gasteiger partial charge is 0.0668 e. The lowest BCUT2D eigenvalue weighted by atomic mass is 9.80. The predicted octanol–water partition coefficient (Wildman–Crippen LogP) is 4.64. The van der Waals surface area contributed by atoms with Crippen LogP contribution in [-0.4, -0.2) is 10.2 Å². The van der Waals surface area contributed by atoms with Gasteiger partial charge in [0.05, 0.1) is 11.7 Å². The summed E-state index contributed by atoms with van der Waals surface area (Å²) in [7, 11) is 0. The van der Waals surface area contributed by atoms with E-state index in [0.29, 0.717) is 5.92 Å². The Bertz CT molecular complexity index is 607. The Kier molecular flexibility index (Phi) is 2.50. The Labute approximate surface area is 113 Å². The molecule has 3 rings (SSSR count). The molecule has 1 aliphatic carbocycles. The van der Waals surface area contributed by atoms with Crippen molar-refractivity contribution >= 4 is 22.5 Å². The number of benzene rings is 1. The van der Waals surface area contributed by atoms with E-state index in [4.69, 9.17) is 11.6 Å². The highest BCUT2D eigenvalue weighted by Crippen LogP contribution is 2.53. The summed E-state index contributed by atoms with van der Waals surface area (Å²) in [4.78, 5) is 0. The molecular weight excluding hydrogens is 244 g/mol. The normalized spacial score (nSPS) is 23.6. The predicted molar refractivity (Wildman–Crippen MR) is 76.3 cm³/mol. The second kappa shape index (κ2) is 3.74. The van der Waals surface area contributed by atoms with Crippen LogP contribution < -0.4 is 0 Å². The molecule has 0 aliphatic heterocycles. The maximum absolute atomic E-state index is 6.52. The van der Waals surface area contributed by atoms with Gasteiger partial charge in [-0.05, 0) is 40.9 Å². The highest BCUT2D eigenvalue weighted by atomic mass is 35.5. The second-order valence-electron chi connectivity index (χ2n) is 6.55. The fourth-order valence-corrected chi connectivity index (χ4v) is 3.31. The van der Waals surface area contributed by atoms with Gasteiger partial charge in [0.2, 0.25) is 0 Å². The minimum atomic E-state index is 0.0880. The van der Waals surface area contributed by atoms with E-state index in [0.717, 1.165) is 16.5 Å². The van der Waals surface area contributed by atoms with Gasteiger partial charge in [-0.15, -0.1) is 0 Å². The molecule has 1 fully saturated rings. The fraction of sp³-hybridized carbons (Fsp3) is 0.533. The zero-order valence-corrected chi connectivity index (χ0v) is 12.1. The van der Waals surface area contributed by atoms with Crippen LogP contribution in [0.25, 0.3) is 10.9 Å². The molecule has 1 aromatic heterocycles. The number of aromatic amines is 1. The molecule has 0 amide bonds.